The Kier molecular flexibility index (Phi) is 3.31. The summed E-state index contributed by atoms with van der Waals surface area (Å²) in [5.74, 6) is 0. The molecule has 0 aromatic heterocycles. The molecule has 0 saturated heterocycles. The van der Waals surface area contributed by atoms with Gasteiger partial charge in [-0.2, -0.15) is 0 Å². The number of hydrogen-bond donors (Lipinski definition) is 1. The van der Waals surface area contributed by atoms with Gasteiger partial charge in [-0.15, -0.1) is 0 Å². The molecular weight excluding hydrogens is 196 g/mol. The number of nitrogens with two attached hydrogens (primary N) is 1. The maximum absolute atomic E-state index is 5.70. The van der Waals surface area contributed by atoms with Crippen molar-refractivity contribution in [3.63, 3.8) is 0 Å². The topological polar surface area (TPSA) is 29.3 Å². The van der Waals surface area contributed by atoms with Crippen LogP contribution in [-0.2, 0) is 6.54 Å². The molecule has 0 aliphatic carbocycles. The standard InChI is InChI=1S/C14H22N2/c1-4-7-16-10(2)13-6-5-12(9-15)8-14(13)11(16)3/h5-6,8,10-11H,4,7,9,15H2,1-3H3. The van der Waals surface area contributed by atoms with Gasteiger partial charge in [-0.1, -0.05) is 25.1 Å². The summed E-state index contributed by atoms with van der Waals surface area (Å²) >= 11 is 0. The van der Waals surface area contributed by atoms with Crippen molar-refractivity contribution in [3.05, 3.63) is 34.9 Å². The zero-order chi connectivity index (χ0) is 11.7. The fourth-order valence-corrected chi connectivity index (χ4v) is 2.83. The molecule has 1 aliphatic rings. The molecule has 0 radical (unpaired) electrons. The molecule has 1 aromatic carbocycles. The number of rotatable bonds is 3. The zero-order valence-electron chi connectivity index (χ0n) is 10.5. The van der Waals surface area contributed by atoms with E-state index in [1.165, 1.54) is 29.7 Å². The van der Waals surface area contributed by atoms with Gasteiger partial charge in [0.2, 0.25) is 0 Å². The van der Waals surface area contributed by atoms with Gasteiger partial charge in [0.05, 0.1) is 0 Å². The summed E-state index contributed by atoms with van der Waals surface area (Å²) in [6.07, 6.45) is 1.21. The van der Waals surface area contributed by atoms with Crippen molar-refractivity contribution in [2.45, 2.75) is 45.8 Å². The average Bonchev–Trinajstić information content (AvgIpc) is 2.54. The second-order valence-corrected chi connectivity index (χ2v) is 4.76. The van der Waals surface area contributed by atoms with Crippen LogP contribution >= 0.6 is 0 Å². The Morgan fingerprint density at radius 1 is 1.19 bits per heavy atom. The van der Waals surface area contributed by atoms with Crippen molar-refractivity contribution in [2.24, 2.45) is 5.73 Å². The highest BCUT2D eigenvalue weighted by Gasteiger charge is 2.32. The third-order valence-electron chi connectivity index (χ3n) is 3.76. The molecule has 16 heavy (non-hydrogen) atoms. The second kappa shape index (κ2) is 4.56. The van der Waals surface area contributed by atoms with Crippen LogP contribution in [0.15, 0.2) is 18.2 Å². The van der Waals surface area contributed by atoms with Gasteiger partial charge in [0.15, 0.2) is 0 Å². The maximum atomic E-state index is 5.70. The van der Waals surface area contributed by atoms with E-state index in [9.17, 15) is 0 Å². The summed E-state index contributed by atoms with van der Waals surface area (Å²) < 4.78 is 0. The van der Waals surface area contributed by atoms with Crippen LogP contribution in [-0.4, -0.2) is 11.4 Å². The Labute approximate surface area is 98.4 Å². The lowest BCUT2D eigenvalue weighted by Crippen LogP contribution is -2.23. The van der Waals surface area contributed by atoms with E-state index in [-0.39, 0.29) is 0 Å². The monoisotopic (exact) mass is 218 g/mol. The van der Waals surface area contributed by atoms with Gasteiger partial charge in [-0.05, 0) is 43.5 Å². The minimum Gasteiger partial charge on any atom is -0.326 e. The first kappa shape index (κ1) is 11.6. The first-order chi connectivity index (χ1) is 7.69. The smallest absolute Gasteiger partial charge is 0.0329 e. The van der Waals surface area contributed by atoms with Crippen LogP contribution < -0.4 is 5.73 Å². The van der Waals surface area contributed by atoms with Crippen LogP contribution in [0.25, 0.3) is 0 Å². The van der Waals surface area contributed by atoms with Gasteiger partial charge in [-0.25, -0.2) is 0 Å². The van der Waals surface area contributed by atoms with E-state index in [0.29, 0.717) is 18.6 Å². The largest absolute Gasteiger partial charge is 0.326 e. The Balaban J connectivity index is 2.35. The number of fused-ring (bicyclic) bond motifs is 1. The molecule has 0 amide bonds. The molecule has 0 spiro atoms. The van der Waals surface area contributed by atoms with E-state index < -0.39 is 0 Å². The lowest BCUT2D eigenvalue weighted by molar-refractivity contribution is 0.183. The van der Waals surface area contributed by atoms with E-state index in [0.717, 1.165) is 0 Å². The SMILES string of the molecule is CCCN1C(C)c2ccc(CN)cc2C1C. The van der Waals surface area contributed by atoms with Gasteiger partial charge < -0.3 is 5.73 Å². The van der Waals surface area contributed by atoms with Crippen LogP contribution in [0.1, 0.15) is 56.0 Å². The lowest BCUT2D eigenvalue weighted by atomic mass is 10.0. The molecule has 88 valence electrons. The Morgan fingerprint density at radius 2 is 1.88 bits per heavy atom. The van der Waals surface area contributed by atoms with Crippen LogP contribution in [0.4, 0.5) is 0 Å². The Morgan fingerprint density at radius 3 is 2.50 bits per heavy atom. The van der Waals surface area contributed by atoms with E-state index in [1.807, 2.05) is 0 Å². The summed E-state index contributed by atoms with van der Waals surface area (Å²) in [5, 5.41) is 0. The van der Waals surface area contributed by atoms with E-state index in [4.69, 9.17) is 5.73 Å². The van der Waals surface area contributed by atoms with Crippen molar-refractivity contribution >= 4 is 0 Å². The molecule has 0 bridgehead atoms. The molecule has 1 aliphatic heterocycles. The Hall–Kier alpha value is -0.860. The average molecular weight is 218 g/mol. The molecule has 0 fully saturated rings. The fraction of sp³-hybridized carbons (Fsp3) is 0.571. The predicted molar refractivity (Wildman–Crippen MR) is 68.2 cm³/mol. The van der Waals surface area contributed by atoms with Crippen molar-refractivity contribution in [1.29, 1.82) is 0 Å². The van der Waals surface area contributed by atoms with Crippen molar-refractivity contribution < 1.29 is 0 Å². The molecule has 2 rings (SSSR count). The highest BCUT2D eigenvalue weighted by molar-refractivity contribution is 5.39. The van der Waals surface area contributed by atoms with E-state index >= 15 is 0 Å². The summed E-state index contributed by atoms with van der Waals surface area (Å²) in [6, 6.07) is 7.80. The highest BCUT2D eigenvalue weighted by atomic mass is 15.2. The van der Waals surface area contributed by atoms with Gasteiger partial charge in [0, 0.05) is 18.6 Å². The van der Waals surface area contributed by atoms with Crippen LogP contribution in [0, 0.1) is 0 Å². The van der Waals surface area contributed by atoms with Crippen molar-refractivity contribution in [3.8, 4) is 0 Å². The molecular formula is C14H22N2. The number of hydrogen-bond acceptors (Lipinski definition) is 2. The molecule has 2 unspecified atom stereocenters. The molecule has 1 aromatic rings. The third-order valence-corrected chi connectivity index (χ3v) is 3.76. The van der Waals surface area contributed by atoms with E-state index in [1.54, 1.807) is 0 Å². The fourth-order valence-electron chi connectivity index (χ4n) is 2.83. The van der Waals surface area contributed by atoms with Gasteiger partial charge in [-0.3, -0.25) is 4.90 Å². The minimum absolute atomic E-state index is 0.538. The number of benzene rings is 1. The summed E-state index contributed by atoms with van der Waals surface area (Å²) in [7, 11) is 0. The molecule has 2 N–H and O–H groups in total. The predicted octanol–water partition coefficient (Wildman–Crippen LogP) is 2.99. The molecule has 2 heteroatoms. The minimum atomic E-state index is 0.538. The second-order valence-electron chi connectivity index (χ2n) is 4.76. The summed E-state index contributed by atoms with van der Waals surface area (Å²) in [4.78, 5) is 2.57. The first-order valence-electron chi connectivity index (χ1n) is 6.27. The highest BCUT2D eigenvalue weighted by Crippen LogP contribution is 2.41. The van der Waals surface area contributed by atoms with Crippen LogP contribution in [0.5, 0.6) is 0 Å². The van der Waals surface area contributed by atoms with Gasteiger partial charge >= 0.3 is 0 Å². The molecule has 2 nitrogen and oxygen atoms in total. The van der Waals surface area contributed by atoms with Crippen molar-refractivity contribution in [1.82, 2.24) is 4.90 Å². The van der Waals surface area contributed by atoms with Crippen LogP contribution in [0.3, 0.4) is 0 Å². The maximum Gasteiger partial charge on any atom is 0.0329 e. The molecule has 1 heterocycles. The quantitative estimate of drug-likeness (QED) is 0.845. The molecule has 0 saturated carbocycles. The third kappa shape index (κ3) is 1.76. The Bertz CT molecular complexity index is 373. The summed E-state index contributed by atoms with van der Waals surface area (Å²) in [6.45, 7) is 8.67. The zero-order valence-corrected chi connectivity index (χ0v) is 10.5. The van der Waals surface area contributed by atoms with Gasteiger partial charge in [0.25, 0.3) is 0 Å². The van der Waals surface area contributed by atoms with Crippen molar-refractivity contribution in [2.75, 3.05) is 6.54 Å². The van der Waals surface area contributed by atoms with E-state index in [2.05, 4.69) is 43.9 Å². The normalized spacial score (nSPS) is 24.8. The number of nitrogens with zero attached hydrogens (tertiary/aromatic N) is 1. The van der Waals surface area contributed by atoms with Gasteiger partial charge in [0.1, 0.15) is 0 Å². The summed E-state index contributed by atoms with van der Waals surface area (Å²) in [5.41, 5.74) is 9.91. The van der Waals surface area contributed by atoms with Crippen LogP contribution in [0.2, 0.25) is 0 Å². The first-order valence-corrected chi connectivity index (χ1v) is 6.27. The lowest BCUT2D eigenvalue weighted by Gasteiger charge is -2.25. The molecule has 2 atom stereocenters.